The van der Waals surface area contributed by atoms with Crippen LogP contribution in [0.25, 0.3) is 0 Å². The topological polar surface area (TPSA) is 178 Å². The second kappa shape index (κ2) is 14.2. The van der Waals surface area contributed by atoms with Gasteiger partial charge in [-0.05, 0) is 6.42 Å². The molecule has 218 valence electrons. The Kier molecular flexibility index (Phi) is 11.0. The van der Waals surface area contributed by atoms with Gasteiger partial charge in [0, 0.05) is 35.6 Å². The van der Waals surface area contributed by atoms with Gasteiger partial charge in [-0.25, -0.2) is 4.98 Å². The number of nitrogens with zero attached hydrogens (tertiary/aromatic N) is 4. The molecule has 12 nitrogen and oxygen atoms in total. The van der Waals surface area contributed by atoms with Crippen LogP contribution in [0, 0.1) is 5.41 Å². The molecular weight excluding hydrogens is 617 g/mol. The Balaban J connectivity index is 1.22. The fourth-order valence-corrected chi connectivity index (χ4v) is 9.42. The Hall–Kier alpha value is -2.08. The molecule has 0 radical (unpaired) electrons. The third kappa shape index (κ3) is 7.80. The number of thioether (sulfide) groups is 3. The lowest BCUT2D eigenvalue weighted by Gasteiger charge is -2.53. The molecule has 2 aliphatic rings. The van der Waals surface area contributed by atoms with E-state index in [-0.39, 0.29) is 41.9 Å². The number of nitrogens with two attached hydrogens (primary N) is 1. The highest BCUT2D eigenvalue weighted by molar-refractivity contribution is 8.03. The van der Waals surface area contributed by atoms with Gasteiger partial charge in [0.2, 0.25) is 11.8 Å². The number of ether oxygens (including phenoxy) is 1. The molecule has 2 aromatic rings. The minimum absolute atomic E-state index is 0.0247. The van der Waals surface area contributed by atoms with Crippen LogP contribution in [0.3, 0.4) is 0 Å². The number of nitrogen functional groups attached to an aromatic ring is 1. The fraction of sp³-hybridized carbons (Fsp3) is 0.609. The third-order valence-electron chi connectivity index (χ3n) is 6.24. The third-order valence-corrected chi connectivity index (χ3v) is 12.0. The molecule has 2 saturated heterocycles. The van der Waals surface area contributed by atoms with Crippen LogP contribution < -0.4 is 11.1 Å². The van der Waals surface area contributed by atoms with Crippen molar-refractivity contribution in [2.75, 3.05) is 36.1 Å². The van der Waals surface area contributed by atoms with Gasteiger partial charge in [-0.3, -0.25) is 19.2 Å². The second-order valence-electron chi connectivity index (χ2n) is 9.30. The van der Waals surface area contributed by atoms with Crippen LogP contribution in [-0.2, 0) is 30.3 Å². The molecule has 2 aromatic heterocycles. The number of anilines is 1. The lowest BCUT2D eigenvalue weighted by atomic mass is 9.89. The van der Waals surface area contributed by atoms with Crippen LogP contribution in [0.15, 0.2) is 14.1 Å². The number of hydrogen-bond donors (Lipinski definition) is 3. The molecule has 3 atom stereocenters. The maximum Gasteiger partial charge on any atom is 0.313 e. The molecule has 4 rings (SSSR count). The molecule has 2 unspecified atom stereocenters. The van der Waals surface area contributed by atoms with Gasteiger partial charge in [-0.15, -0.1) is 33.3 Å². The van der Waals surface area contributed by atoms with Crippen molar-refractivity contribution in [3.8, 4) is 0 Å². The first-order valence-corrected chi connectivity index (χ1v) is 17.3. The molecule has 2 fully saturated rings. The monoisotopic (exact) mass is 646 g/mol. The molecule has 2 amide bonds. The van der Waals surface area contributed by atoms with E-state index in [1.807, 2.05) is 0 Å². The van der Waals surface area contributed by atoms with E-state index in [1.54, 1.807) is 5.38 Å². The number of aromatic nitrogens is 3. The highest BCUT2D eigenvalue weighted by atomic mass is 32.2. The number of rotatable bonds is 15. The SMILES string of the molecule is CCCCCC(=O)OCCSc1nnc(SCC2(C(=O)O)CS[C@@H]3C(NC(=O)Cc4csc(N)n4)C(=O)N3C2)s1. The molecule has 0 aliphatic carbocycles. The standard InChI is InChI=1S/C23H30N6O6S5/c1-2-3-4-5-15(31)35-6-7-36-21-27-28-22(40-21)39-12-23(19(33)34)10-29-17(32)16(18(29)38-11-23)26-14(30)8-13-9-37-20(24)25-13/h9,16,18H,2-8,10-12H2,1H3,(H2,24,25)(H,26,30)(H,33,34)/t16?,18-,23?/m1/s1. The van der Waals surface area contributed by atoms with Gasteiger partial charge >= 0.3 is 11.9 Å². The van der Waals surface area contributed by atoms with Gasteiger partial charge in [0.1, 0.15) is 23.4 Å². The molecule has 2 aliphatic heterocycles. The number of thiazole rings is 1. The van der Waals surface area contributed by atoms with Crippen molar-refractivity contribution in [2.45, 2.75) is 59.1 Å². The van der Waals surface area contributed by atoms with E-state index in [4.69, 9.17) is 10.5 Å². The summed E-state index contributed by atoms with van der Waals surface area (Å²) in [5.74, 6) is -0.713. The Morgan fingerprint density at radius 2 is 2.05 bits per heavy atom. The predicted molar refractivity (Wildman–Crippen MR) is 157 cm³/mol. The summed E-state index contributed by atoms with van der Waals surface area (Å²) >= 11 is 6.69. The molecule has 0 aromatic carbocycles. The number of hydrogen-bond acceptors (Lipinski definition) is 14. The smallest absolute Gasteiger partial charge is 0.313 e. The number of amides is 2. The van der Waals surface area contributed by atoms with Gasteiger partial charge < -0.3 is 25.8 Å². The van der Waals surface area contributed by atoms with Gasteiger partial charge in [-0.2, -0.15) is 0 Å². The van der Waals surface area contributed by atoms with Crippen molar-refractivity contribution in [3.05, 3.63) is 11.1 Å². The van der Waals surface area contributed by atoms with Crippen molar-refractivity contribution in [1.29, 1.82) is 0 Å². The number of carbonyl (C=O) groups excluding carboxylic acids is 3. The molecule has 40 heavy (non-hydrogen) atoms. The zero-order valence-corrected chi connectivity index (χ0v) is 25.8. The summed E-state index contributed by atoms with van der Waals surface area (Å²) in [6, 6.07) is -0.689. The van der Waals surface area contributed by atoms with E-state index in [0.717, 1.165) is 19.3 Å². The summed E-state index contributed by atoms with van der Waals surface area (Å²) in [7, 11) is 0. The van der Waals surface area contributed by atoms with Crippen molar-refractivity contribution in [2.24, 2.45) is 5.41 Å². The average Bonchev–Trinajstić information content (AvgIpc) is 3.56. The van der Waals surface area contributed by atoms with Crippen LogP contribution in [0.5, 0.6) is 0 Å². The molecule has 17 heteroatoms. The minimum atomic E-state index is -1.15. The summed E-state index contributed by atoms with van der Waals surface area (Å²) in [5, 5.41) is 22.9. The lowest BCUT2D eigenvalue weighted by molar-refractivity contribution is -0.157. The zero-order valence-electron chi connectivity index (χ0n) is 21.7. The molecule has 0 bridgehead atoms. The van der Waals surface area contributed by atoms with Crippen LogP contribution in [0.4, 0.5) is 5.13 Å². The maximum atomic E-state index is 12.8. The summed E-state index contributed by atoms with van der Waals surface area (Å²) in [4.78, 5) is 54.8. The molecule has 0 saturated carbocycles. The Bertz CT molecular complexity index is 1230. The van der Waals surface area contributed by atoms with Crippen LogP contribution in [0.2, 0.25) is 0 Å². The summed E-state index contributed by atoms with van der Waals surface area (Å²) in [6.07, 6.45) is 3.36. The first-order chi connectivity index (χ1) is 19.2. The number of aliphatic carboxylic acids is 1. The summed E-state index contributed by atoms with van der Waals surface area (Å²) in [5.41, 5.74) is 4.99. The number of nitrogens with one attached hydrogen (secondary N) is 1. The first-order valence-electron chi connectivity index (χ1n) is 12.6. The van der Waals surface area contributed by atoms with Crippen LogP contribution in [0.1, 0.15) is 38.3 Å². The van der Waals surface area contributed by atoms with Gasteiger partial charge in [0.25, 0.3) is 0 Å². The largest absolute Gasteiger partial charge is 0.481 e. The lowest BCUT2D eigenvalue weighted by Crippen LogP contribution is -2.74. The Labute approximate surface area is 252 Å². The van der Waals surface area contributed by atoms with Crippen molar-refractivity contribution >= 4 is 86.8 Å². The second-order valence-corrected chi connectivity index (χ2v) is 14.8. The van der Waals surface area contributed by atoms with Gasteiger partial charge in [-0.1, -0.05) is 54.6 Å². The number of β-lactam (4-membered cyclic amide) rings is 1. The van der Waals surface area contributed by atoms with E-state index in [2.05, 4.69) is 27.4 Å². The average molecular weight is 647 g/mol. The van der Waals surface area contributed by atoms with Crippen LogP contribution in [-0.4, -0.2) is 90.8 Å². The van der Waals surface area contributed by atoms with E-state index < -0.39 is 17.4 Å². The zero-order chi connectivity index (χ0) is 28.7. The Morgan fingerprint density at radius 3 is 2.75 bits per heavy atom. The normalized spacial score (nSPS) is 21.9. The first kappa shape index (κ1) is 30.9. The van der Waals surface area contributed by atoms with Gasteiger partial charge in [0.15, 0.2) is 13.8 Å². The number of carbonyl (C=O) groups is 4. The molecule has 0 spiro atoms. The minimum Gasteiger partial charge on any atom is -0.481 e. The van der Waals surface area contributed by atoms with E-state index in [0.29, 0.717) is 44.0 Å². The number of carboxylic acid groups (broad SMARTS) is 1. The number of esters is 1. The van der Waals surface area contributed by atoms with E-state index in [1.165, 1.54) is 62.9 Å². The number of carboxylic acids is 1. The fourth-order valence-electron chi connectivity index (χ4n) is 4.09. The van der Waals surface area contributed by atoms with Crippen molar-refractivity contribution in [1.82, 2.24) is 25.4 Å². The summed E-state index contributed by atoms with van der Waals surface area (Å²) < 4.78 is 6.58. The molecule has 4 N–H and O–H groups in total. The van der Waals surface area contributed by atoms with E-state index >= 15 is 0 Å². The number of fused-ring (bicyclic) bond motifs is 1. The molecular formula is C23H30N6O6S5. The van der Waals surface area contributed by atoms with E-state index in [9.17, 15) is 24.3 Å². The van der Waals surface area contributed by atoms with Crippen molar-refractivity contribution < 1.29 is 29.0 Å². The van der Waals surface area contributed by atoms with Crippen LogP contribution >= 0.6 is 58.0 Å². The maximum absolute atomic E-state index is 12.8. The summed E-state index contributed by atoms with van der Waals surface area (Å²) in [6.45, 7) is 2.44. The predicted octanol–water partition coefficient (Wildman–Crippen LogP) is 2.60. The van der Waals surface area contributed by atoms with Crippen molar-refractivity contribution in [3.63, 3.8) is 0 Å². The highest BCUT2D eigenvalue weighted by Crippen LogP contribution is 2.45. The number of unbranched alkanes of at least 4 members (excludes halogenated alkanes) is 2. The van der Waals surface area contributed by atoms with Gasteiger partial charge in [0.05, 0.1) is 12.1 Å². The molecule has 4 heterocycles. The highest BCUT2D eigenvalue weighted by Gasteiger charge is 2.57. The quantitative estimate of drug-likeness (QED) is 0.111. The Morgan fingerprint density at radius 1 is 1.27 bits per heavy atom.